The van der Waals surface area contributed by atoms with Crippen molar-refractivity contribution >= 4 is 11.8 Å². The Kier molecular flexibility index (Phi) is 7.92. The fourth-order valence-corrected chi connectivity index (χ4v) is 2.37. The van der Waals surface area contributed by atoms with Gasteiger partial charge in [-0.25, -0.2) is 0 Å². The number of nitrogens with one attached hydrogen (secondary N) is 1. The van der Waals surface area contributed by atoms with Crippen LogP contribution < -0.4 is 5.32 Å². The summed E-state index contributed by atoms with van der Waals surface area (Å²) in [5.41, 5.74) is 4.09. The topological polar surface area (TPSA) is 98.2 Å². The zero-order valence-corrected chi connectivity index (χ0v) is 15.5. The zero-order chi connectivity index (χ0) is 20.2. The Hall–Kier alpha value is -3.96. The highest BCUT2D eigenvalue weighted by Gasteiger charge is 2.07. The van der Waals surface area contributed by atoms with Gasteiger partial charge in [0.25, 0.3) is 0 Å². The molecule has 0 fully saturated rings. The van der Waals surface area contributed by atoms with Crippen molar-refractivity contribution in [2.75, 3.05) is 12.4 Å². The minimum atomic E-state index is 0.250. The molecule has 0 atom stereocenters. The monoisotopic (exact) mass is 377 g/mol. The first-order chi connectivity index (χ1) is 13.7. The Balaban J connectivity index is 0.000000176. The Morgan fingerprint density at radius 2 is 1.25 bits per heavy atom. The van der Waals surface area contributed by atoms with Gasteiger partial charge < -0.3 is 14.4 Å². The second kappa shape index (κ2) is 10.9. The maximum absolute atomic E-state index is 8.12. The first-order valence-corrected chi connectivity index (χ1v) is 8.35. The van der Waals surface area contributed by atoms with Gasteiger partial charge in [0.1, 0.15) is 5.69 Å². The smallest absolute Gasteiger partial charge is 0.373 e. The Bertz CT molecular complexity index is 989. The van der Waals surface area contributed by atoms with Crippen LogP contribution in [0.2, 0.25) is 0 Å². The molecule has 28 heavy (non-hydrogen) atoms. The van der Waals surface area contributed by atoms with Crippen LogP contribution in [0.4, 0.5) is 5.69 Å². The SMILES string of the molecule is CNc1cnoc1-c1ccccc1.Cc1cnoc1-c1ccccc1.O=C=O. The van der Waals surface area contributed by atoms with Crippen molar-refractivity contribution in [3.63, 3.8) is 0 Å². The summed E-state index contributed by atoms with van der Waals surface area (Å²) in [6.07, 6.45) is 3.64. The van der Waals surface area contributed by atoms with Crippen molar-refractivity contribution in [1.29, 1.82) is 0 Å². The lowest BCUT2D eigenvalue weighted by molar-refractivity contribution is -0.191. The Labute approximate surface area is 162 Å². The van der Waals surface area contributed by atoms with Crippen LogP contribution >= 0.6 is 0 Å². The van der Waals surface area contributed by atoms with Gasteiger partial charge in [-0.15, -0.1) is 0 Å². The molecule has 0 spiro atoms. The Morgan fingerprint density at radius 3 is 1.71 bits per heavy atom. The molecule has 0 unspecified atom stereocenters. The van der Waals surface area contributed by atoms with Crippen LogP contribution in [-0.2, 0) is 9.59 Å². The number of aryl methyl sites for hydroxylation is 1. The molecule has 0 aliphatic carbocycles. The molecule has 4 rings (SSSR count). The minimum Gasteiger partial charge on any atom is -0.384 e. The molecule has 2 heterocycles. The van der Waals surface area contributed by atoms with Crippen molar-refractivity contribution in [3.05, 3.63) is 78.6 Å². The van der Waals surface area contributed by atoms with Crippen molar-refractivity contribution in [2.45, 2.75) is 6.92 Å². The minimum absolute atomic E-state index is 0.250. The molecule has 0 bridgehead atoms. The predicted molar refractivity (Wildman–Crippen MR) is 103 cm³/mol. The second-order valence-corrected chi connectivity index (χ2v) is 5.47. The molecular weight excluding hydrogens is 358 g/mol. The summed E-state index contributed by atoms with van der Waals surface area (Å²) in [7, 11) is 1.85. The number of nitrogens with zero attached hydrogens (tertiary/aromatic N) is 2. The fourth-order valence-electron chi connectivity index (χ4n) is 2.37. The third-order valence-corrected chi connectivity index (χ3v) is 3.66. The zero-order valence-electron chi connectivity index (χ0n) is 15.5. The number of carbonyl (C=O) groups excluding carboxylic acids is 2. The van der Waals surface area contributed by atoms with E-state index in [0.717, 1.165) is 33.9 Å². The molecule has 0 saturated heterocycles. The number of hydrogen-bond acceptors (Lipinski definition) is 7. The molecule has 1 N–H and O–H groups in total. The van der Waals surface area contributed by atoms with E-state index in [1.165, 1.54) is 0 Å². The summed E-state index contributed by atoms with van der Waals surface area (Å²) in [4.78, 5) is 16.2. The van der Waals surface area contributed by atoms with Gasteiger partial charge in [-0.1, -0.05) is 71.0 Å². The lowest BCUT2D eigenvalue weighted by Gasteiger charge is -1.98. The van der Waals surface area contributed by atoms with E-state index in [1.807, 2.05) is 74.6 Å². The van der Waals surface area contributed by atoms with Gasteiger partial charge in [-0.2, -0.15) is 9.59 Å². The molecule has 2 aromatic carbocycles. The third kappa shape index (κ3) is 5.52. The van der Waals surface area contributed by atoms with E-state index < -0.39 is 0 Å². The number of hydrogen-bond donors (Lipinski definition) is 1. The van der Waals surface area contributed by atoms with E-state index in [-0.39, 0.29) is 6.15 Å². The molecule has 0 amide bonds. The summed E-state index contributed by atoms with van der Waals surface area (Å²) in [6.45, 7) is 1.98. The fraction of sp³-hybridized carbons (Fsp3) is 0.0952. The predicted octanol–water partition coefficient (Wildman–Crippen LogP) is 4.45. The number of aromatic nitrogens is 2. The second-order valence-electron chi connectivity index (χ2n) is 5.47. The van der Waals surface area contributed by atoms with E-state index in [4.69, 9.17) is 18.6 Å². The van der Waals surface area contributed by atoms with Gasteiger partial charge in [0.15, 0.2) is 11.5 Å². The van der Waals surface area contributed by atoms with E-state index >= 15 is 0 Å². The van der Waals surface area contributed by atoms with E-state index in [2.05, 4.69) is 15.6 Å². The van der Waals surface area contributed by atoms with Gasteiger partial charge in [0.2, 0.25) is 0 Å². The molecule has 4 aromatic rings. The van der Waals surface area contributed by atoms with Gasteiger partial charge in [-0.05, 0) is 6.92 Å². The lowest BCUT2D eigenvalue weighted by Crippen LogP contribution is -1.87. The number of anilines is 1. The molecule has 142 valence electrons. The van der Waals surface area contributed by atoms with Crippen LogP contribution in [0.3, 0.4) is 0 Å². The van der Waals surface area contributed by atoms with Crippen LogP contribution in [-0.4, -0.2) is 23.5 Å². The molecule has 2 aromatic heterocycles. The third-order valence-electron chi connectivity index (χ3n) is 3.66. The lowest BCUT2D eigenvalue weighted by atomic mass is 10.1. The first-order valence-electron chi connectivity index (χ1n) is 8.35. The Morgan fingerprint density at radius 1 is 0.786 bits per heavy atom. The highest BCUT2D eigenvalue weighted by atomic mass is 16.5. The molecule has 0 aliphatic rings. The maximum Gasteiger partial charge on any atom is 0.373 e. The summed E-state index contributed by atoms with van der Waals surface area (Å²) in [5.74, 6) is 1.64. The van der Waals surface area contributed by atoms with Crippen LogP contribution in [0.5, 0.6) is 0 Å². The van der Waals surface area contributed by atoms with E-state index in [9.17, 15) is 0 Å². The maximum atomic E-state index is 8.12. The molecular formula is C21H19N3O4. The quantitative estimate of drug-likeness (QED) is 0.563. The summed E-state index contributed by atoms with van der Waals surface area (Å²) in [5, 5.41) is 10.5. The largest absolute Gasteiger partial charge is 0.384 e. The van der Waals surface area contributed by atoms with Crippen LogP contribution in [0.1, 0.15) is 5.56 Å². The summed E-state index contributed by atoms with van der Waals surface area (Å²) in [6, 6.07) is 19.8. The average molecular weight is 377 g/mol. The molecule has 7 nitrogen and oxygen atoms in total. The summed E-state index contributed by atoms with van der Waals surface area (Å²) < 4.78 is 10.2. The van der Waals surface area contributed by atoms with E-state index in [0.29, 0.717) is 0 Å². The molecule has 7 heteroatoms. The molecule has 0 radical (unpaired) electrons. The van der Waals surface area contributed by atoms with Gasteiger partial charge in [0, 0.05) is 23.7 Å². The number of rotatable bonds is 3. The van der Waals surface area contributed by atoms with Crippen molar-refractivity contribution in [3.8, 4) is 22.6 Å². The van der Waals surface area contributed by atoms with Gasteiger partial charge in [0.05, 0.1) is 12.4 Å². The van der Waals surface area contributed by atoms with E-state index in [1.54, 1.807) is 12.4 Å². The van der Waals surface area contributed by atoms with Gasteiger partial charge >= 0.3 is 6.15 Å². The molecule has 0 aliphatic heterocycles. The standard InChI is InChI=1S/C10H10N2O.C10H9NO.CO2/c1-11-9-7-12-13-10(9)8-5-3-2-4-6-8;1-8-7-11-12-10(8)9-5-3-2-4-6-9;2-1-3/h2-7,11H,1H3;2-7H,1H3;. The van der Waals surface area contributed by atoms with Crippen molar-refractivity contribution in [2.24, 2.45) is 0 Å². The van der Waals surface area contributed by atoms with Crippen molar-refractivity contribution in [1.82, 2.24) is 10.3 Å². The highest BCUT2D eigenvalue weighted by molar-refractivity contribution is 5.71. The van der Waals surface area contributed by atoms with Gasteiger partial charge in [-0.3, -0.25) is 0 Å². The first kappa shape index (κ1) is 20.4. The van der Waals surface area contributed by atoms with Crippen LogP contribution in [0, 0.1) is 6.92 Å². The highest BCUT2D eigenvalue weighted by Crippen LogP contribution is 2.26. The van der Waals surface area contributed by atoms with Crippen LogP contribution in [0.25, 0.3) is 22.6 Å². The van der Waals surface area contributed by atoms with Crippen LogP contribution in [0.15, 0.2) is 82.1 Å². The average Bonchev–Trinajstić information content (AvgIpc) is 3.39. The number of benzene rings is 2. The molecule has 0 saturated carbocycles. The summed E-state index contributed by atoms with van der Waals surface area (Å²) >= 11 is 0. The van der Waals surface area contributed by atoms with Crippen molar-refractivity contribution < 1.29 is 18.6 Å². The normalized spacial score (nSPS) is 9.21.